The number of hydrogen-bond acceptors (Lipinski definition) is 5. The number of hydrogen-bond donors (Lipinski definition) is 1. The minimum atomic E-state index is -3.50. The molecule has 0 spiro atoms. The van der Waals surface area contributed by atoms with E-state index in [2.05, 4.69) is 5.32 Å². The molecule has 3 rings (SSSR count). The summed E-state index contributed by atoms with van der Waals surface area (Å²) in [5, 5.41) is 3.71. The van der Waals surface area contributed by atoms with Crippen molar-refractivity contribution < 1.29 is 17.9 Å². The van der Waals surface area contributed by atoms with Crippen molar-refractivity contribution in [1.29, 1.82) is 0 Å². The van der Waals surface area contributed by atoms with Gasteiger partial charge in [0.25, 0.3) is 0 Å². The molecule has 0 aliphatic carbocycles. The Hall–Kier alpha value is -1.75. The van der Waals surface area contributed by atoms with Crippen LogP contribution in [0.3, 0.4) is 0 Å². The summed E-state index contributed by atoms with van der Waals surface area (Å²) >= 11 is 5.44. The van der Waals surface area contributed by atoms with Crippen LogP contribution in [0, 0.1) is 0 Å². The van der Waals surface area contributed by atoms with Gasteiger partial charge in [0.2, 0.25) is 15.9 Å². The molecule has 0 unspecified atom stereocenters. The van der Waals surface area contributed by atoms with E-state index in [9.17, 15) is 13.2 Å². The normalized spacial score (nSPS) is 19.0. The van der Waals surface area contributed by atoms with Gasteiger partial charge in [0.15, 0.2) is 5.11 Å². The maximum absolute atomic E-state index is 12.6. The number of rotatable bonds is 3. The first-order valence-corrected chi connectivity index (χ1v) is 10.7. The monoisotopic (exact) mass is 412 g/mol. The van der Waals surface area contributed by atoms with Crippen molar-refractivity contribution in [1.82, 2.24) is 14.1 Å². The molecule has 0 aromatic heterocycles. The zero-order chi connectivity index (χ0) is 19.4. The summed E-state index contributed by atoms with van der Waals surface area (Å²) in [6.07, 6.45) is 0. The Kier molecular flexibility index (Phi) is 6.30. The first-order valence-electron chi connectivity index (χ1n) is 8.87. The molecule has 0 atom stereocenters. The van der Waals surface area contributed by atoms with E-state index in [1.165, 1.54) is 4.31 Å². The highest BCUT2D eigenvalue weighted by Gasteiger charge is 2.26. The fourth-order valence-electron chi connectivity index (χ4n) is 3.07. The molecule has 2 saturated heterocycles. The highest BCUT2D eigenvalue weighted by molar-refractivity contribution is 7.89. The zero-order valence-electron chi connectivity index (χ0n) is 15.3. The lowest BCUT2D eigenvalue weighted by Gasteiger charge is -2.35. The van der Waals surface area contributed by atoms with Gasteiger partial charge >= 0.3 is 0 Å². The Balaban J connectivity index is 1.59. The molecule has 2 heterocycles. The number of nitrogens with zero attached hydrogens (tertiary/aromatic N) is 3. The molecule has 2 aliphatic heterocycles. The van der Waals surface area contributed by atoms with Gasteiger partial charge in [0, 0.05) is 51.9 Å². The molecule has 1 N–H and O–H groups in total. The quantitative estimate of drug-likeness (QED) is 0.727. The lowest BCUT2D eigenvalue weighted by molar-refractivity contribution is -0.130. The van der Waals surface area contributed by atoms with E-state index in [4.69, 9.17) is 17.0 Å². The number of piperazine rings is 1. The van der Waals surface area contributed by atoms with Crippen LogP contribution in [0.15, 0.2) is 29.2 Å². The van der Waals surface area contributed by atoms with Crippen LogP contribution < -0.4 is 5.32 Å². The van der Waals surface area contributed by atoms with Gasteiger partial charge in [-0.25, -0.2) is 8.42 Å². The number of amides is 1. The van der Waals surface area contributed by atoms with Crippen molar-refractivity contribution in [2.75, 3.05) is 57.8 Å². The molecule has 27 heavy (non-hydrogen) atoms. The summed E-state index contributed by atoms with van der Waals surface area (Å²) in [5.41, 5.74) is 0.731. The number of carbonyl (C=O) groups excluding carboxylic acids is 1. The maximum atomic E-state index is 12.6. The van der Waals surface area contributed by atoms with Gasteiger partial charge in [-0.2, -0.15) is 4.31 Å². The Bertz CT molecular complexity index is 784. The molecule has 1 aromatic rings. The molecule has 2 aliphatic rings. The number of nitrogens with one attached hydrogen (secondary N) is 1. The van der Waals surface area contributed by atoms with Crippen molar-refractivity contribution in [2.45, 2.75) is 11.8 Å². The molecule has 8 nitrogen and oxygen atoms in total. The summed E-state index contributed by atoms with van der Waals surface area (Å²) < 4.78 is 31.9. The van der Waals surface area contributed by atoms with E-state index in [0.29, 0.717) is 57.6 Å². The summed E-state index contributed by atoms with van der Waals surface area (Å²) in [6.45, 7) is 5.80. The molecule has 10 heteroatoms. The maximum Gasteiger partial charge on any atom is 0.243 e. The largest absolute Gasteiger partial charge is 0.379 e. The van der Waals surface area contributed by atoms with E-state index in [-0.39, 0.29) is 10.8 Å². The van der Waals surface area contributed by atoms with Crippen LogP contribution in [0.5, 0.6) is 0 Å². The van der Waals surface area contributed by atoms with Crippen LogP contribution in [0.4, 0.5) is 5.69 Å². The molecular weight excluding hydrogens is 388 g/mol. The number of morpholine rings is 1. The Labute approximate surface area is 165 Å². The summed E-state index contributed by atoms with van der Waals surface area (Å²) in [7, 11) is -3.50. The predicted octanol–water partition coefficient (Wildman–Crippen LogP) is 0.568. The van der Waals surface area contributed by atoms with E-state index in [1.54, 1.807) is 36.1 Å². The number of sulfonamides is 1. The minimum absolute atomic E-state index is 0.0746. The van der Waals surface area contributed by atoms with Gasteiger partial charge in [-0.3, -0.25) is 4.79 Å². The second-order valence-electron chi connectivity index (χ2n) is 6.46. The Morgan fingerprint density at radius 2 is 1.56 bits per heavy atom. The number of benzene rings is 1. The van der Waals surface area contributed by atoms with Gasteiger partial charge in [0.05, 0.1) is 18.1 Å². The predicted molar refractivity (Wildman–Crippen MR) is 106 cm³/mol. The molecule has 148 valence electrons. The molecule has 0 radical (unpaired) electrons. The SMILES string of the molecule is CC(=O)N1CCN(C(=S)Nc2ccc(S(=O)(=O)N3CCOCC3)cc2)CC1. The summed E-state index contributed by atoms with van der Waals surface area (Å²) in [4.78, 5) is 15.5. The fourth-order valence-corrected chi connectivity index (χ4v) is 4.78. The van der Waals surface area contributed by atoms with Gasteiger partial charge < -0.3 is 19.9 Å². The first-order chi connectivity index (χ1) is 12.9. The Morgan fingerprint density at radius 1 is 1.00 bits per heavy atom. The third-order valence-electron chi connectivity index (χ3n) is 4.73. The fraction of sp³-hybridized carbons (Fsp3) is 0.529. The van der Waals surface area contributed by atoms with Gasteiger partial charge in [-0.1, -0.05) is 0 Å². The molecule has 1 aromatic carbocycles. The Morgan fingerprint density at radius 3 is 2.11 bits per heavy atom. The van der Waals surface area contributed by atoms with Crippen molar-refractivity contribution >= 4 is 38.9 Å². The van der Waals surface area contributed by atoms with E-state index < -0.39 is 10.0 Å². The third-order valence-corrected chi connectivity index (χ3v) is 7.00. The topological polar surface area (TPSA) is 82.2 Å². The third kappa shape index (κ3) is 4.75. The average Bonchev–Trinajstić information content (AvgIpc) is 2.69. The number of thiocarbonyl (C=S) groups is 1. The summed E-state index contributed by atoms with van der Waals surface area (Å²) in [5.74, 6) is 0.0746. The van der Waals surface area contributed by atoms with Crippen LogP contribution in [-0.4, -0.2) is 86.0 Å². The first kappa shape index (κ1) is 20.0. The molecule has 2 fully saturated rings. The molecule has 0 saturated carbocycles. The summed E-state index contributed by atoms with van der Waals surface area (Å²) in [6, 6.07) is 6.60. The second kappa shape index (κ2) is 8.51. The van der Waals surface area contributed by atoms with Crippen LogP contribution >= 0.6 is 12.2 Å². The van der Waals surface area contributed by atoms with E-state index in [0.717, 1.165) is 5.69 Å². The lowest BCUT2D eigenvalue weighted by Crippen LogP contribution is -2.51. The number of anilines is 1. The minimum Gasteiger partial charge on any atom is -0.379 e. The van der Waals surface area contributed by atoms with E-state index >= 15 is 0 Å². The standard InChI is InChI=1S/C17H24N4O4S2/c1-14(22)19-6-8-20(9-7-19)17(26)18-15-2-4-16(5-3-15)27(23,24)21-10-12-25-13-11-21/h2-5H,6-13H2,1H3,(H,18,26). The highest BCUT2D eigenvalue weighted by Crippen LogP contribution is 2.20. The molecule has 1 amide bonds. The van der Waals surface area contributed by atoms with Crippen molar-refractivity contribution in [3.05, 3.63) is 24.3 Å². The van der Waals surface area contributed by atoms with Gasteiger partial charge in [0.1, 0.15) is 0 Å². The number of ether oxygens (including phenoxy) is 1. The van der Waals surface area contributed by atoms with Crippen molar-refractivity contribution in [3.63, 3.8) is 0 Å². The van der Waals surface area contributed by atoms with Crippen LogP contribution in [0.2, 0.25) is 0 Å². The van der Waals surface area contributed by atoms with Gasteiger partial charge in [-0.05, 0) is 36.5 Å². The van der Waals surface area contributed by atoms with E-state index in [1.807, 2.05) is 4.90 Å². The zero-order valence-corrected chi connectivity index (χ0v) is 16.9. The smallest absolute Gasteiger partial charge is 0.243 e. The van der Waals surface area contributed by atoms with Crippen LogP contribution in [0.1, 0.15) is 6.92 Å². The van der Waals surface area contributed by atoms with Crippen molar-refractivity contribution in [3.8, 4) is 0 Å². The van der Waals surface area contributed by atoms with Crippen molar-refractivity contribution in [2.24, 2.45) is 0 Å². The second-order valence-corrected chi connectivity index (χ2v) is 8.79. The highest BCUT2D eigenvalue weighted by atomic mass is 32.2. The van der Waals surface area contributed by atoms with Crippen LogP contribution in [0.25, 0.3) is 0 Å². The number of carbonyl (C=O) groups is 1. The average molecular weight is 413 g/mol. The van der Waals surface area contributed by atoms with Gasteiger partial charge in [-0.15, -0.1) is 0 Å². The lowest BCUT2D eigenvalue weighted by atomic mass is 10.3. The van der Waals surface area contributed by atoms with Crippen LogP contribution in [-0.2, 0) is 19.6 Å². The molecule has 0 bridgehead atoms. The molecular formula is C17H24N4O4S2.